The van der Waals surface area contributed by atoms with E-state index in [-0.39, 0.29) is 16.7 Å². The molecule has 1 amide bonds. The van der Waals surface area contributed by atoms with Gasteiger partial charge in [-0.3, -0.25) is 4.79 Å². The normalized spacial score (nSPS) is 15.1. The number of para-hydroxylation sites is 1. The van der Waals surface area contributed by atoms with Crippen LogP contribution in [0.1, 0.15) is 19.3 Å². The van der Waals surface area contributed by atoms with Crippen LogP contribution >= 0.6 is 0 Å². The fourth-order valence-electron chi connectivity index (χ4n) is 3.97. The molecule has 1 aliphatic heterocycles. The smallest absolute Gasteiger partial charge is 0.243 e. The van der Waals surface area contributed by atoms with Crippen LogP contribution in [0.5, 0.6) is 11.5 Å². The monoisotopic (exact) mass is 475 g/mol. The van der Waals surface area contributed by atoms with Gasteiger partial charge >= 0.3 is 0 Å². The Labute approximate surface area is 196 Å². The first-order valence-electron chi connectivity index (χ1n) is 11.1. The molecule has 0 radical (unpaired) electrons. The zero-order valence-corrected chi connectivity index (χ0v) is 20.3. The SMILES string of the molecule is COc1ccc(S(=O)(=O)N2CCC(C(=O)NCCCN(C)c3ccccc3)CC2)cc1OC. The lowest BCUT2D eigenvalue weighted by Gasteiger charge is -2.30. The second kappa shape index (κ2) is 11.4. The quantitative estimate of drug-likeness (QED) is 0.532. The maximum absolute atomic E-state index is 13.0. The molecule has 0 atom stereocenters. The number of nitrogens with zero attached hydrogens (tertiary/aromatic N) is 2. The second-order valence-electron chi connectivity index (χ2n) is 8.10. The summed E-state index contributed by atoms with van der Waals surface area (Å²) in [6, 6.07) is 14.7. The van der Waals surface area contributed by atoms with Crippen LogP contribution in [0.3, 0.4) is 0 Å². The summed E-state index contributed by atoms with van der Waals surface area (Å²) in [6.45, 7) is 2.06. The van der Waals surface area contributed by atoms with E-state index in [0.29, 0.717) is 44.0 Å². The Kier molecular flexibility index (Phi) is 8.57. The second-order valence-corrected chi connectivity index (χ2v) is 10.0. The van der Waals surface area contributed by atoms with Crippen molar-refractivity contribution in [3.8, 4) is 11.5 Å². The van der Waals surface area contributed by atoms with Gasteiger partial charge in [0, 0.05) is 50.9 Å². The van der Waals surface area contributed by atoms with Gasteiger partial charge < -0.3 is 19.7 Å². The average Bonchev–Trinajstić information content (AvgIpc) is 2.86. The number of rotatable bonds is 10. The number of methoxy groups -OCH3 is 2. The first-order chi connectivity index (χ1) is 15.9. The van der Waals surface area contributed by atoms with Gasteiger partial charge in [0.25, 0.3) is 0 Å². The molecule has 1 saturated heterocycles. The zero-order chi connectivity index (χ0) is 23.8. The van der Waals surface area contributed by atoms with Crippen molar-refractivity contribution in [1.29, 1.82) is 0 Å². The number of sulfonamides is 1. The molecule has 0 spiro atoms. The molecule has 1 fully saturated rings. The molecule has 0 saturated carbocycles. The number of amides is 1. The van der Waals surface area contributed by atoms with E-state index in [1.165, 1.54) is 30.7 Å². The van der Waals surface area contributed by atoms with Crippen LogP contribution < -0.4 is 19.7 Å². The number of anilines is 1. The lowest BCUT2D eigenvalue weighted by Crippen LogP contribution is -2.43. The third-order valence-corrected chi connectivity index (χ3v) is 7.88. The molecule has 0 bridgehead atoms. The number of carbonyl (C=O) groups is 1. The molecule has 0 aliphatic carbocycles. The molecule has 1 heterocycles. The van der Waals surface area contributed by atoms with E-state index in [1.54, 1.807) is 6.07 Å². The standard InChI is InChI=1S/C24H33N3O5S/c1-26(20-8-5-4-6-9-20)15-7-14-25-24(28)19-12-16-27(17-13-19)33(29,30)21-10-11-22(31-2)23(18-21)32-3/h4-6,8-11,18-19H,7,12-17H2,1-3H3,(H,25,28). The lowest BCUT2D eigenvalue weighted by molar-refractivity contribution is -0.126. The van der Waals surface area contributed by atoms with E-state index in [1.807, 2.05) is 25.2 Å². The van der Waals surface area contributed by atoms with Crippen LogP contribution in [0.25, 0.3) is 0 Å². The molecule has 180 valence electrons. The predicted octanol–water partition coefficient (Wildman–Crippen LogP) is 2.75. The summed E-state index contributed by atoms with van der Waals surface area (Å²) in [7, 11) is 1.34. The van der Waals surface area contributed by atoms with Crippen molar-refractivity contribution in [3.63, 3.8) is 0 Å². The van der Waals surface area contributed by atoms with Crippen molar-refractivity contribution in [2.75, 3.05) is 52.3 Å². The number of piperidine rings is 1. The zero-order valence-electron chi connectivity index (χ0n) is 19.5. The first kappa shape index (κ1) is 24.9. The minimum absolute atomic E-state index is 0.000490. The summed E-state index contributed by atoms with van der Waals surface area (Å²) >= 11 is 0. The highest BCUT2D eigenvalue weighted by molar-refractivity contribution is 7.89. The van der Waals surface area contributed by atoms with Crippen LogP contribution in [0.4, 0.5) is 5.69 Å². The highest BCUT2D eigenvalue weighted by atomic mass is 32.2. The minimum Gasteiger partial charge on any atom is -0.493 e. The maximum Gasteiger partial charge on any atom is 0.243 e. The molecular weight excluding hydrogens is 442 g/mol. The van der Waals surface area contributed by atoms with E-state index in [0.717, 1.165) is 18.7 Å². The Hall–Kier alpha value is -2.78. The molecule has 9 heteroatoms. The van der Waals surface area contributed by atoms with Crippen LogP contribution in [0, 0.1) is 5.92 Å². The Morgan fingerprint density at radius 2 is 1.73 bits per heavy atom. The summed E-state index contributed by atoms with van der Waals surface area (Å²) in [4.78, 5) is 14.9. The van der Waals surface area contributed by atoms with E-state index in [9.17, 15) is 13.2 Å². The van der Waals surface area contributed by atoms with Crippen LogP contribution in [0.15, 0.2) is 53.4 Å². The third-order valence-electron chi connectivity index (χ3n) is 5.98. The number of carbonyl (C=O) groups excluding carboxylic acids is 1. The highest BCUT2D eigenvalue weighted by Crippen LogP contribution is 2.32. The average molecular weight is 476 g/mol. The van der Waals surface area contributed by atoms with E-state index < -0.39 is 10.0 Å². The fourth-order valence-corrected chi connectivity index (χ4v) is 5.45. The molecule has 2 aromatic rings. The number of hydrogen-bond donors (Lipinski definition) is 1. The van der Waals surface area contributed by atoms with Gasteiger partial charge in [0.1, 0.15) is 0 Å². The van der Waals surface area contributed by atoms with E-state index in [4.69, 9.17) is 9.47 Å². The van der Waals surface area contributed by atoms with Gasteiger partial charge in [-0.15, -0.1) is 0 Å². The van der Waals surface area contributed by atoms with Gasteiger partial charge in [0.05, 0.1) is 19.1 Å². The first-order valence-corrected chi connectivity index (χ1v) is 12.6. The predicted molar refractivity (Wildman–Crippen MR) is 128 cm³/mol. The lowest BCUT2D eigenvalue weighted by atomic mass is 9.97. The minimum atomic E-state index is -3.66. The molecule has 8 nitrogen and oxygen atoms in total. The van der Waals surface area contributed by atoms with Crippen LogP contribution in [-0.2, 0) is 14.8 Å². The van der Waals surface area contributed by atoms with Crippen LogP contribution in [-0.4, -0.2) is 66.1 Å². The highest BCUT2D eigenvalue weighted by Gasteiger charge is 2.32. The van der Waals surface area contributed by atoms with Gasteiger partial charge in [0.2, 0.25) is 15.9 Å². The number of benzene rings is 2. The summed E-state index contributed by atoms with van der Waals surface area (Å²) in [5, 5.41) is 3.01. The van der Waals surface area contributed by atoms with Gasteiger partial charge in [-0.05, 0) is 43.5 Å². The summed E-state index contributed by atoms with van der Waals surface area (Å²) in [5.41, 5.74) is 1.15. The Bertz CT molecular complexity index is 1020. The summed E-state index contributed by atoms with van der Waals surface area (Å²) in [6.07, 6.45) is 1.84. The van der Waals surface area contributed by atoms with Crippen molar-refractivity contribution in [2.45, 2.75) is 24.2 Å². The molecule has 3 rings (SSSR count). The molecule has 0 unspecified atom stereocenters. The van der Waals surface area contributed by atoms with Gasteiger partial charge in [-0.2, -0.15) is 4.31 Å². The number of ether oxygens (including phenoxy) is 2. The number of nitrogens with one attached hydrogen (secondary N) is 1. The van der Waals surface area contributed by atoms with E-state index in [2.05, 4.69) is 22.3 Å². The van der Waals surface area contributed by atoms with Gasteiger partial charge in [0.15, 0.2) is 11.5 Å². The molecule has 1 N–H and O–H groups in total. The molecule has 33 heavy (non-hydrogen) atoms. The summed E-state index contributed by atoms with van der Waals surface area (Å²) in [5.74, 6) is 0.668. The Morgan fingerprint density at radius 1 is 1.06 bits per heavy atom. The fraction of sp³-hybridized carbons (Fsp3) is 0.458. The van der Waals surface area contributed by atoms with Crippen molar-refractivity contribution < 1.29 is 22.7 Å². The van der Waals surface area contributed by atoms with Crippen molar-refractivity contribution in [3.05, 3.63) is 48.5 Å². The largest absolute Gasteiger partial charge is 0.493 e. The van der Waals surface area contributed by atoms with Crippen molar-refractivity contribution in [1.82, 2.24) is 9.62 Å². The van der Waals surface area contributed by atoms with Gasteiger partial charge in [-0.1, -0.05) is 18.2 Å². The number of hydrogen-bond acceptors (Lipinski definition) is 6. The maximum atomic E-state index is 13.0. The third kappa shape index (κ3) is 6.17. The topological polar surface area (TPSA) is 88.2 Å². The van der Waals surface area contributed by atoms with Gasteiger partial charge in [-0.25, -0.2) is 8.42 Å². The van der Waals surface area contributed by atoms with E-state index >= 15 is 0 Å². The Morgan fingerprint density at radius 3 is 2.36 bits per heavy atom. The Balaban J connectivity index is 1.46. The van der Waals surface area contributed by atoms with Crippen molar-refractivity contribution in [2.24, 2.45) is 5.92 Å². The van der Waals surface area contributed by atoms with Crippen LogP contribution in [0.2, 0.25) is 0 Å². The molecule has 1 aliphatic rings. The molecular formula is C24H33N3O5S. The van der Waals surface area contributed by atoms with Crippen molar-refractivity contribution >= 4 is 21.6 Å². The molecule has 0 aromatic heterocycles. The summed E-state index contributed by atoms with van der Waals surface area (Å²) < 4.78 is 37.9. The molecule has 2 aromatic carbocycles.